The molecule has 0 aliphatic heterocycles. The molecular formula is C3H10Cl3NO. The van der Waals surface area contributed by atoms with Crippen molar-refractivity contribution in [2.75, 3.05) is 14.1 Å². The lowest BCUT2D eigenvalue weighted by molar-refractivity contribution is -0.115. The zero-order chi connectivity index (χ0) is 4.28. The van der Waals surface area contributed by atoms with Crippen molar-refractivity contribution in [2.24, 2.45) is 0 Å². The number of hydrogen-bond acceptors (Lipinski definition) is 1. The second-order valence-corrected chi connectivity index (χ2v) is 1.07. The molecule has 0 aromatic rings. The zero-order valence-electron chi connectivity index (χ0n) is 4.66. The Morgan fingerprint density at radius 1 is 1.12 bits per heavy atom. The summed E-state index contributed by atoms with van der Waals surface area (Å²) in [6, 6.07) is 0. The number of halogens is 3. The van der Waals surface area contributed by atoms with Crippen LogP contribution in [0.4, 0.5) is 0 Å². The van der Waals surface area contributed by atoms with Crippen LogP contribution >= 0.6 is 37.2 Å². The van der Waals surface area contributed by atoms with Crippen molar-refractivity contribution in [2.45, 2.75) is 0 Å². The van der Waals surface area contributed by atoms with Crippen LogP contribution in [0.25, 0.3) is 0 Å². The summed E-state index contributed by atoms with van der Waals surface area (Å²) in [4.78, 5) is 10.9. The number of rotatable bonds is 1. The number of nitrogens with zero attached hydrogens (tertiary/aromatic N) is 1. The van der Waals surface area contributed by atoms with E-state index in [4.69, 9.17) is 0 Å². The molecule has 8 heavy (non-hydrogen) atoms. The molecule has 0 heterocycles. The number of hydrogen-bond donors (Lipinski definition) is 0. The van der Waals surface area contributed by atoms with E-state index in [0.29, 0.717) is 0 Å². The maximum Gasteiger partial charge on any atom is 0.209 e. The van der Waals surface area contributed by atoms with Gasteiger partial charge in [0.25, 0.3) is 0 Å². The summed E-state index contributed by atoms with van der Waals surface area (Å²) >= 11 is 0. The number of carbonyl (C=O) groups excluding carboxylic acids is 1. The van der Waals surface area contributed by atoms with Crippen LogP contribution in [0.5, 0.6) is 0 Å². The summed E-state index contributed by atoms with van der Waals surface area (Å²) in [5.74, 6) is 0. The molecule has 0 radical (unpaired) electrons. The predicted molar refractivity (Wildman–Crippen MR) is 41.5 cm³/mol. The van der Waals surface area contributed by atoms with E-state index in [9.17, 15) is 4.79 Å². The maximum absolute atomic E-state index is 9.43. The van der Waals surface area contributed by atoms with Gasteiger partial charge in [0, 0.05) is 14.1 Å². The SMILES string of the molecule is CN(C)C=O.Cl.Cl.Cl. The third kappa shape index (κ3) is 33.0. The van der Waals surface area contributed by atoms with E-state index in [2.05, 4.69) is 0 Å². The molecule has 0 fully saturated rings. The minimum absolute atomic E-state index is 0. The molecule has 1 amide bonds. The minimum Gasteiger partial charge on any atom is -0.351 e. The number of carbonyl (C=O) groups is 1. The van der Waals surface area contributed by atoms with E-state index in [-0.39, 0.29) is 37.2 Å². The molecule has 0 aromatic carbocycles. The van der Waals surface area contributed by atoms with Crippen LogP contribution in [-0.2, 0) is 4.79 Å². The largest absolute Gasteiger partial charge is 0.351 e. The Labute approximate surface area is 67.8 Å². The molecule has 0 rings (SSSR count). The monoisotopic (exact) mass is 181 g/mol. The van der Waals surface area contributed by atoms with Gasteiger partial charge in [-0.25, -0.2) is 0 Å². The van der Waals surface area contributed by atoms with Crippen LogP contribution in [0.3, 0.4) is 0 Å². The molecule has 0 saturated heterocycles. The lowest BCUT2D eigenvalue weighted by Gasteiger charge is -1.93. The average molecular weight is 182 g/mol. The quantitative estimate of drug-likeness (QED) is 0.554. The van der Waals surface area contributed by atoms with Gasteiger partial charge < -0.3 is 4.90 Å². The van der Waals surface area contributed by atoms with E-state index in [1.54, 1.807) is 14.1 Å². The zero-order valence-corrected chi connectivity index (χ0v) is 7.11. The fourth-order valence-corrected chi connectivity index (χ4v) is 0. The molecule has 0 aromatic heterocycles. The fourth-order valence-electron chi connectivity index (χ4n) is 0. The van der Waals surface area contributed by atoms with Gasteiger partial charge in [-0.15, -0.1) is 37.2 Å². The van der Waals surface area contributed by atoms with Crippen LogP contribution in [0, 0.1) is 0 Å². The minimum atomic E-state index is 0. The van der Waals surface area contributed by atoms with E-state index in [1.807, 2.05) is 0 Å². The Bertz CT molecular complexity index is 41.5. The van der Waals surface area contributed by atoms with Gasteiger partial charge in [0.2, 0.25) is 6.41 Å². The van der Waals surface area contributed by atoms with Crippen molar-refractivity contribution in [3.63, 3.8) is 0 Å². The van der Waals surface area contributed by atoms with Gasteiger partial charge in [-0.1, -0.05) is 0 Å². The second kappa shape index (κ2) is 15.7. The third-order valence-corrected chi connectivity index (χ3v) is 0.211. The standard InChI is InChI=1S/C3H7NO.3ClH/c1-4(2)3-5;;;/h3H,1-2H3;3*1H. The Morgan fingerprint density at radius 2 is 1.25 bits per heavy atom. The van der Waals surface area contributed by atoms with Crippen molar-refractivity contribution in [1.29, 1.82) is 0 Å². The van der Waals surface area contributed by atoms with Crippen LogP contribution in [0.15, 0.2) is 0 Å². The first kappa shape index (κ1) is 23.9. The second-order valence-electron chi connectivity index (χ2n) is 1.07. The summed E-state index contributed by atoms with van der Waals surface area (Å²) in [5.41, 5.74) is 0. The van der Waals surface area contributed by atoms with E-state index in [1.165, 1.54) is 4.90 Å². The van der Waals surface area contributed by atoms with Crippen molar-refractivity contribution in [3.05, 3.63) is 0 Å². The van der Waals surface area contributed by atoms with Gasteiger partial charge >= 0.3 is 0 Å². The summed E-state index contributed by atoms with van der Waals surface area (Å²) in [6.07, 6.45) is 0.750. The van der Waals surface area contributed by atoms with Crippen molar-refractivity contribution >= 4 is 43.6 Å². The van der Waals surface area contributed by atoms with Gasteiger partial charge in [-0.05, 0) is 0 Å². The summed E-state index contributed by atoms with van der Waals surface area (Å²) in [5, 5.41) is 0. The van der Waals surface area contributed by atoms with Gasteiger partial charge in [0.15, 0.2) is 0 Å². The molecule has 0 saturated carbocycles. The molecular weight excluding hydrogens is 172 g/mol. The van der Waals surface area contributed by atoms with Crippen molar-refractivity contribution in [3.8, 4) is 0 Å². The summed E-state index contributed by atoms with van der Waals surface area (Å²) < 4.78 is 0. The predicted octanol–water partition coefficient (Wildman–Crippen LogP) is 0.970. The van der Waals surface area contributed by atoms with Gasteiger partial charge in [-0.3, -0.25) is 4.79 Å². The average Bonchev–Trinajstić information content (AvgIpc) is 1.38. The van der Waals surface area contributed by atoms with Gasteiger partial charge in [0.05, 0.1) is 0 Å². The first-order valence-electron chi connectivity index (χ1n) is 1.39. The molecule has 54 valence electrons. The van der Waals surface area contributed by atoms with Crippen LogP contribution in [-0.4, -0.2) is 25.4 Å². The highest BCUT2D eigenvalue weighted by Crippen LogP contribution is 1.52. The first-order valence-corrected chi connectivity index (χ1v) is 1.39. The number of amides is 1. The lowest BCUT2D eigenvalue weighted by Crippen LogP contribution is -2.06. The molecule has 0 bridgehead atoms. The topological polar surface area (TPSA) is 20.3 Å². The van der Waals surface area contributed by atoms with Gasteiger partial charge in [-0.2, -0.15) is 0 Å². The molecule has 0 N–H and O–H groups in total. The van der Waals surface area contributed by atoms with Crippen LogP contribution in [0.1, 0.15) is 0 Å². The summed E-state index contributed by atoms with van der Waals surface area (Å²) in [6.45, 7) is 0. The lowest BCUT2D eigenvalue weighted by atomic mass is 11.0. The Hall–Kier alpha value is 0.340. The van der Waals surface area contributed by atoms with E-state index < -0.39 is 0 Å². The summed E-state index contributed by atoms with van der Waals surface area (Å²) in [7, 11) is 3.38. The Balaban J connectivity index is -0.0000000267. The molecule has 5 heteroatoms. The molecule has 0 aliphatic carbocycles. The molecule has 0 spiro atoms. The molecule has 0 atom stereocenters. The van der Waals surface area contributed by atoms with Crippen LogP contribution in [0.2, 0.25) is 0 Å². The van der Waals surface area contributed by atoms with E-state index >= 15 is 0 Å². The van der Waals surface area contributed by atoms with Gasteiger partial charge in [0.1, 0.15) is 0 Å². The Kier molecular flexibility index (Phi) is 46.7. The third-order valence-electron chi connectivity index (χ3n) is 0.211. The van der Waals surface area contributed by atoms with E-state index in [0.717, 1.165) is 6.41 Å². The first-order chi connectivity index (χ1) is 2.27. The van der Waals surface area contributed by atoms with Crippen molar-refractivity contribution in [1.82, 2.24) is 4.90 Å². The van der Waals surface area contributed by atoms with Crippen molar-refractivity contribution < 1.29 is 4.79 Å². The van der Waals surface area contributed by atoms with Crippen LogP contribution < -0.4 is 0 Å². The maximum atomic E-state index is 9.43. The molecule has 2 nitrogen and oxygen atoms in total. The highest BCUT2D eigenvalue weighted by atomic mass is 35.5. The highest BCUT2D eigenvalue weighted by molar-refractivity contribution is 5.86. The normalized spacial score (nSPS) is 4.25. The Morgan fingerprint density at radius 3 is 1.25 bits per heavy atom. The highest BCUT2D eigenvalue weighted by Gasteiger charge is 1.68. The smallest absolute Gasteiger partial charge is 0.209 e. The fraction of sp³-hybridized carbons (Fsp3) is 0.667. The molecule has 0 unspecified atom stereocenters. The molecule has 0 aliphatic rings.